The quantitative estimate of drug-likeness (QED) is 0.493. The van der Waals surface area contributed by atoms with Gasteiger partial charge in [0.15, 0.2) is 5.58 Å². The molecule has 0 spiro atoms. The van der Waals surface area contributed by atoms with Crippen LogP contribution in [-0.4, -0.2) is 15.3 Å². The molecule has 0 saturated carbocycles. The summed E-state index contributed by atoms with van der Waals surface area (Å²) < 4.78 is 4.64. The first kappa shape index (κ1) is 9.04. The van der Waals surface area contributed by atoms with Crippen LogP contribution in [0.1, 0.15) is 0 Å². The van der Waals surface area contributed by atoms with Gasteiger partial charge in [0, 0.05) is 11.3 Å². The monoisotopic (exact) mass is 185 g/mol. The Balaban J connectivity index is 0.000000845. The Morgan fingerprint density at radius 3 is 2.92 bits per heavy atom. The lowest BCUT2D eigenvalue weighted by atomic mass is 10.3. The average molecular weight is 185 g/mol. The smallest absolute Gasteiger partial charge is 0.300 e. The number of rotatable bonds is 1. The number of nitrogens with zero attached hydrogens (tertiary/aromatic N) is 3. The molecule has 13 heavy (non-hydrogen) atoms. The van der Waals surface area contributed by atoms with E-state index in [0.29, 0.717) is 5.58 Å². The summed E-state index contributed by atoms with van der Waals surface area (Å²) in [6.45, 7) is 0. The molecule has 0 radical (unpaired) electrons. The maximum Gasteiger partial charge on any atom is 0.300 e. The first-order chi connectivity index (χ1) is 5.79. The molecule has 68 valence electrons. The van der Waals surface area contributed by atoms with Gasteiger partial charge < -0.3 is 4.52 Å². The van der Waals surface area contributed by atoms with Crippen molar-refractivity contribution < 1.29 is 14.2 Å². The summed E-state index contributed by atoms with van der Waals surface area (Å²) in [5.41, 5.74) is 0.417. The van der Waals surface area contributed by atoms with E-state index in [0.717, 1.165) is 0 Å². The fourth-order valence-electron chi connectivity index (χ4n) is 0.937. The van der Waals surface area contributed by atoms with Crippen LogP contribution in [-0.2, 0) is 0 Å². The van der Waals surface area contributed by atoms with Crippen molar-refractivity contribution in [3.8, 4) is 0 Å². The van der Waals surface area contributed by atoms with E-state index in [4.69, 9.17) is 0 Å². The lowest BCUT2D eigenvalue weighted by Crippen LogP contribution is -1.88. The van der Waals surface area contributed by atoms with Gasteiger partial charge in [-0.25, -0.2) is 0 Å². The zero-order chi connectivity index (χ0) is 8.55. The highest BCUT2D eigenvalue weighted by Crippen LogP contribution is 2.21. The Morgan fingerprint density at radius 1 is 1.46 bits per heavy atom. The highest BCUT2D eigenvalue weighted by Gasteiger charge is 2.14. The van der Waals surface area contributed by atoms with E-state index in [1.165, 1.54) is 12.1 Å². The Bertz CT molecular complexity index is 441. The van der Waals surface area contributed by atoms with Gasteiger partial charge in [0.05, 0.1) is 4.92 Å². The van der Waals surface area contributed by atoms with Crippen molar-refractivity contribution in [2.75, 3.05) is 0 Å². The first-order valence-corrected chi connectivity index (χ1v) is 3.14. The maximum atomic E-state index is 10.4. The molecule has 2 rings (SSSR count). The molecule has 1 aromatic heterocycles. The third-order valence-corrected chi connectivity index (χ3v) is 1.45. The average Bonchev–Trinajstić information content (AvgIpc) is 2.49. The van der Waals surface area contributed by atoms with Gasteiger partial charge >= 0.3 is 5.69 Å². The molecule has 0 atom stereocenters. The number of nitro benzene ring substituents is 1. The Labute approximate surface area is 70.6 Å². The molecule has 7 heteroatoms. The Kier molecular flexibility index (Phi) is 2.18. The molecule has 0 bridgehead atoms. The van der Waals surface area contributed by atoms with Crippen LogP contribution in [0, 0.1) is 10.1 Å². The van der Waals surface area contributed by atoms with E-state index in [2.05, 4.69) is 14.9 Å². The summed E-state index contributed by atoms with van der Waals surface area (Å²) in [5, 5.41) is 17.1. The molecule has 0 fully saturated rings. The molecule has 1 heterocycles. The van der Waals surface area contributed by atoms with Crippen LogP contribution in [0.4, 0.5) is 10.4 Å². The van der Waals surface area contributed by atoms with Crippen molar-refractivity contribution in [1.29, 1.82) is 0 Å². The fraction of sp³-hybridized carbons (Fsp3) is 0. The van der Waals surface area contributed by atoms with E-state index < -0.39 is 4.92 Å². The van der Waals surface area contributed by atoms with Gasteiger partial charge in [-0.15, -0.1) is 5.10 Å². The standard InChI is InChI=1S/C6H3N3O3.FH/c10-9(11)4-2-1-3-5-6(4)7-8-12-5;/h1-3H;1H. The third kappa shape index (κ3) is 1.31. The predicted octanol–water partition coefficient (Wildman–Crippen LogP) is 1.28. The molecule has 0 aliphatic rings. The molecule has 0 saturated heterocycles. The zero-order valence-corrected chi connectivity index (χ0v) is 6.21. The Morgan fingerprint density at radius 2 is 2.23 bits per heavy atom. The summed E-state index contributed by atoms with van der Waals surface area (Å²) in [5.74, 6) is 0. The van der Waals surface area contributed by atoms with Crippen LogP contribution in [0.5, 0.6) is 0 Å². The number of hydrogen-bond acceptors (Lipinski definition) is 5. The molecule has 0 unspecified atom stereocenters. The van der Waals surface area contributed by atoms with Gasteiger partial charge in [-0.3, -0.25) is 14.8 Å². The second-order valence-electron chi connectivity index (χ2n) is 2.15. The molecule has 0 amide bonds. The molecule has 0 aliphatic heterocycles. The summed E-state index contributed by atoms with van der Waals surface area (Å²) in [7, 11) is 0. The largest absolute Gasteiger partial charge is 0.337 e. The maximum absolute atomic E-state index is 10.4. The van der Waals surface area contributed by atoms with Crippen LogP contribution in [0.3, 0.4) is 0 Å². The molecule has 1 aromatic carbocycles. The van der Waals surface area contributed by atoms with E-state index >= 15 is 0 Å². The van der Waals surface area contributed by atoms with Crippen molar-refractivity contribution in [1.82, 2.24) is 10.4 Å². The first-order valence-electron chi connectivity index (χ1n) is 3.14. The van der Waals surface area contributed by atoms with Gasteiger partial charge in [0.2, 0.25) is 5.52 Å². The topological polar surface area (TPSA) is 82.1 Å². The number of non-ortho nitro benzene ring substituents is 1. The van der Waals surface area contributed by atoms with Gasteiger partial charge in [-0.05, 0) is 6.07 Å². The van der Waals surface area contributed by atoms with Crippen molar-refractivity contribution in [3.05, 3.63) is 28.3 Å². The minimum atomic E-state index is -0.521. The predicted molar refractivity (Wildman–Crippen MR) is 41.0 cm³/mol. The zero-order valence-electron chi connectivity index (χ0n) is 6.21. The van der Waals surface area contributed by atoms with Gasteiger partial charge in [0.1, 0.15) is 0 Å². The summed E-state index contributed by atoms with van der Waals surface area (Å²) in [4.78, 5) is 9.89. The fourth-order valence-corrected chi connectivity index (χ4v) is 0.937. The van der Waals surface area contributed by atoms with Crippen LogP contribution >= 0.6 is 0 Å². The van der Waals surface area contributed by atoms with Gasteiger partial charge in [-0.2, -0.15) is 0 Å². The van der Waals surface area contributed by atoms with E-state index in [-0.39, 0.29) is 15.9 Å². The van der Waals surface area contributed by atoms with Crippen LogP contribution < -0.4 is 0 Å². The van der Waals surface area contributed by atoms with Crippen LogP contribution in [0.25, 0.3) is 11.1 Å². The number of aromatic nitrogens is 2. The molecular weight excluding hydrogens is 181 g/mol. The number of fused-ring (bicyclic) bond motifs is 1. The van der Waals surface area contributed by atoms with E-state index in [1.54, 1.807) is 6.07 Å². The summed E-state index contributed by atoms with van der Waals surface area (Å²) in [6.07, 6.45) is 0. The molecule has 2 aromatic rings. The second kappa shape index (κ2) is 3.13. The highest BCUT2D eigenvalue weighted by molar-refractivity contribution is 5.81. The van der Waals surface area contributed by atoms with Crippen LogP contribution in [0.2, 0.25) is 0 Å². The summed E-state index contributed by atoms with van der Waals surface area (Å²) >= 11 is 0. The van der Waals surface area contributed by atoms with Crippen molar-refractivity contribution in [3.63, 3.8) is 0 Å². The number of hydrogen-bond donors (Lipinski definition) is 0. The number of halogens is 1. The lowest BCUT2D eigenvalue weighted by molar-refractivity contribution is -0.383. The molecule has 6 nitrogen and oxygen atoms in total. The summed E-state index contributed by atoms with van der Waals surface area (Å²) in [6, 6.07) is 4.45. The van der Waals surface area contributed by atoms with Crippen LogP contribution in [0.15, 0.2) is 22.7 Å². The van der Waals surface area contributed by atoms with Crippen molar-refractivity contribution >= 4 is 16.8 Å². The van der Waals surface area contributed by atoms with Gasteiger partial charge in [0.25, 0.3) is 0 Å². The molecule has 0 aliphatic carbocycles. The normalized spacial score (nSPS) is 9.54. The minimum absolute atomic E-state index is 0. The molecule has 0 N–H and O–H groups in total. The number of benzene rings is 1. The van der Waals surface area contributed by atoms with Crippen molar-refractivity contribution in [2.24, 2.45) is 0 Å². The SMILES string of the molecule is F.O=[N+]([O-])c1cccc2onnc12. The highest BCUT2D eigenvalue weighted by atomic mass is 19.0. The van der Waals surface area contributed by atoms with E-state index in [1.807, 2.05) is 0 Å². The van der Waals surface area contributed by atoms with Crippen molar-refractivity contribution in [2.45, 2.75) is 0 Å². The Hall–Kier alpha value is -2.05. The lowest BCUT2D eigenvalue weighted by Gasteiger charge is -1.87. The minimum Gasteiger partial charge on any atom is -0.337 e. The van der Waals surface area contributed by atoms with Gasteiger partial charge in [-0.1, -0.05) is 6.07 Å². The van der Waals surface area contributed by atoms with E-state index in [9.17, 15) is 10.1 Å². The third-order valence-electron chi connectivity index (χ3n) is 1.45. The molecular formula is C6H4FN3O3. The number of nitro groups is 1. The second-order valence-corrected chi connectivity index (χ2v) is 2.15.